The SMILES string of the molecule is CCNC(=O)CNC(=O)c1cccc(NC(=O)N2CCC(Oc3cccc(F)c3)CC2)c1. The van der Waals surface area contributed by atoms with Crippen LogP contribution in [0.25, 0.3) is 0 Å². The molecule has 0 unspecified atom stereocenters. The Bertz CT molecular complexity index is 961. The zero-order valence-corrected chi connectivity index (χ0v) is 17.9. The molecule has 0 atom stereocenters. The quantitative estimate of drug-likeness (QED) is 0.614. The fourth-order valence-electron chi connectivity index (χ4n) is 3.37. The summed E-state index contributed by atoms with van der Waals surface area (Å²) in [7, 11) is 0. The number of carbonyl (C=O) groups excluding carboxylic acids is 3. The van der Waals surface area contributed by atoms with Crippen molar-refractivity contribution in [2.45, 2.75) is 25.9 Å². The van der Waals surface area contributed by atoms with Gasteiger partial charge in [0.15, 0.2) is 0 Å². The summed E-state index contributed by atoms with van der Waals surface area (Å²) in [5.41, 5.74) is 0.827. The molecule has 1 aliphatic rings. The van der Waals surface area contributed by atoms with Crippen LogP contribution in [-0.4, -0.2) is 55.0 Å². The Balaban J connectivity index is 1.48. The van der Waals surface area contributed by atoms with Crippen LogP contribution in [0.1, 0.15) is 30.1 Å². The molecule has 0 bridgehead atoms. The molecule has 1 saturated heterocycles. The second-order valence-corrected chi connectivity index (χ2v) is 7.41. The van der Waals surface area contributed by atoms with Crippen molar-refractivity contribution >= 4 is 23.5 Å². The van der Waals surface area contributed by atoms with Gasteiger partial charge >= 0.3 is 6.03 Å². The largest absolute Gasteiger partial charge is 0.490 e. The highest BCUT2D eigenvalue weighted by Gasteiger charge is 2.24. The topological polar surface area (TPSA) is 99.8 Å². The zero-order chi connectivity index (χ0) is 22.9. The van der Waals surface area contributed by atoms with Crippen molar-refractivity contribution in [3.63, 3.8) is 0 Å². The van der Waals surface area contributed by atoms with Crippen LogP contribution in [0.3, 0.4) is 0 Å². The summed E-state index contributed by atoms with van der Waals surface area (Å²) < 4.78 is 19.1. The van der Waals surface area contributed by atoms with Crippen LogP contribution in [-0.2, 0) is 4.79 Å². The van der Waals surface area contributed by atoms with Gasteiger partial charge in [-0.3, -0.25) is 9.59 Å². The number of urea groups is 1. The number of amides is 4. The first kappa shape index (κ1) is 23.1. The number of piperidine rings is 1. The lowest BCUT2D eigenvalue weighted by atomic mass is 10.1. The second kappa shape index (κ2) is 11.1. The minimum absolute atomic E-state index is 0.0854. The molecule has 0 aromatic heterocycles. The van der Waals surface area contributed by atoms with Gasteiger partial charge in [0, 0.05) is 49.8 Å². The first-order chi connectivity index (χ1) is 15.4. The van der Waals surface area contributed by atoms with Crippen molar-refractivity contribution in [2.24, 2.45) is 0 Å². The first-order valence-corrected chi connectivity index (χ1v) is 10.6. The number of rotatable bonds is 7. The molecule has 1 fully saturated rings. The summed E-state index contributed by atoms with van der Waals surface area (Å²) in [6.07, 6.45) is 1.18. The fourth-order valence-corrected chi connectivity index (χ4v) is 3.37. The highest BCUT2D eigenvalue weighted by atomic mass is 19.1. The lowest BCUT2D eigenvalue weighted by molar-refractivity contribution is -0.120. The number of likely N-dealkylation sites (N-methyl/N-ethyl adjacent to an activating group) is 1. The van der Waals surface area contributed by atoms with Crippen molar-refractivity contribution in [2.75, 3.05) is 31.5 Å². The summed E-state index contributed by atoms with van der Waals surface area (Å²) in [4.78, 5) is 38.0. The normalized spacial score (nSPS) is 13.9. The van der Waals surface area contributed by atoms with Crippen LogP contribution in [0.2, 0.25) is 0 Å². The third-order valence-corrected chi connectivity index (χ3v) is 4.99. The number of benzene rings is 2. The summed E-state index contributed by atoms with van der Waals surface area (Å²) in [5, 5.41) is 7.95. The van der Waals surface area contributed by atoms with Gasteiger partial charge < -0.3 is 25.6 Å². The Labute approximate surface area is 186 Å². The maximum absolute atomic E-state index is 13.3. The molecule has 2 aromatic carbocycles. The van der Waals surface area contributed by atoms with Gasteiger partial charge in [-0.05, 0) is 37.3 Å². The third-order valence-electron chi connectivity index (χ3n) is 4.99. The van der Waals surface area contributed by atoms with Crippen LogP contribution in [0.4, 0.5) is 14.9 Å². The average Bonchev–Trinajstić information content (AvgIpc) is 2.78. The second-order valence-electron chi connectivity index (χ2n) is 7.41. The molecule has 2 aromatic rings. The Morgan fingerprint density at radius 3 is 2.53 bits per heavy atom. The molecule has 9 heteroatoms. The van der Waals surface area contributed by atoms with Crippen LogP contribution in [0.15, 0.2) is 48.5 Å². The van der Waals surface area contributed by atoms with Crippen molar-refractivity contribution in [1.29, 1.82) is 0 Å². The van der Waals surface area contributed by atoms with Gasteiger partial charge in [0.1, 0.15) is 17.7 Å². The molecule has 0 spiro atoms. The van der Waals surface area contributed by atoms with Crippen LogP contribution < -0.4 is 20.7 Å². The van der Waals surface area contributed by atoms with E-state index in [1.807, 2.05) is 0 Å². The maximum Gasteiger partial charge on any atom is 0.321 e. The number of hydrogen-bond acceptors (Lipinski definition) is 4. The van der Waals surface area contributed by atoms with Gasteiger partial charge in [-0.1, -0.05) is 12.1 Å². The molecule has 3 N–H and O–H groups in total. The van der Waals surface area contributed by atoms with E-state index < -0.39 is 5.91 Å². The van der Waals surface area contributed by atoms with Crippen molar-refractivity contribution < 1.29 is 23.5 Å². The van der Waals surface area contributed by atoms with E-state index in [-0.39, 0.29) is 30.4 Å². The Morgan fingerprint density at radius 1 is 1.06 bits per heavy atom. The molecule has 3 rings (SSSR count). The number of nitrogens with zero attached hydrogens (tertiary/aromatic N) is 1. The molecule has 32 heavy (non-hydrogen) atoms. The predicted octanol–water partition coefficient (Wildman–Crippen LogP) is 2.77. The van der Waals surface area contributed by atoms with E-state index >= 15 is 0 Å². The van der Waals surface area contributed by atoms with Crippen LogP contribution >= 0.6 is 0 Å². The van der Waals surface area contributed by atoms with Gasteiger partial charge in [-0.25, -0.2) is 9.18 Å². The first-order valence-electron chi connectivity index (χ1n) is 10.6. The molecular weight excluding hydrogens is 415 g/mol. The molecule has 1 heterocycles. The lowest BCUT2D eigenvalue weighted by Gasteiger charge is -2.32. The lowest BCUT2D eigenvalue weighted by Crippen LogP contribution is -2.43. The molecule has 0 saturated carbocycles. The Morgan fingerprint density at radius 2 is 1.81 bits per heavy atom. The van der Waals surface area contributed by atoms with Crippen LogP contribution in [0, 0.1) is 5.82 Å². The van der Waals surface area contributed by atoms with Crippen molar-refractivity contribution in [3.05, 3.63) is 59.9 Å². The van der Waals surface area contributed by atoms with Gasteiger partial charge in [0.2, 0.25) is 5.91 Å². The minimum Gasteiger partial charge on any atom is -0.490 e. The molecule has 0 aliphatic carbocycles. The summed E-state index contributed by atoms with van der Waals surface area (Å²) in [5.74, 6) is -0.535. The minimum atomic E-state index is -0.400. The van der Waals surface area contributed by atoms with E-state index in [9.17, 15) is 18.8 Å². The molecule has 8 nitrogen and oxygen atoms in total. The number of hydrogen-bond donors (Lipinski definition) is 3. The van der Waals surface area contributed by atoms with Gasteiger partial charge in [-0.15, -0.1) is 0 Å². The van der Waals surface area contributed by atoms with E-state index in [2.05, 4.69) is 16.0 Å². The number of halogens is 1. The van der Waals surface area contributed by atoms with Crippen LogP contribution in [0.5, 0.6) is 5.75 Å². The molecule has 4 amide bonds. The van der Waals surface area contributed by atoms with Crippen molar-refractivity contribution in [3.8, 4) is 5.75 Å². The fraction of sp³-hybridized carbons (Fsp3) is 0.348. The smallest absolute Gasteiger partial charge is 0.321 e. The van der Waals surface area contributed by atoms with E-state index in [0.717, 1.165) is 0 Å². The maximum atomic E-state index is 13.3. The number of carbonyl (C=O) groups is 3. The van der Waals surface area contributed by atoms with E-state index in [1.165, 1.54) is 12.1 Å². The highest BCUT2D eigenvalue weighted by Crippen LogP contribution is 2.20. The van der Waals surface area contributed by atoms with E-state index in [4.69, 9.17) is 4.74 Å². The number of likely N-dealkylation sites (tertiary alicyclic amines) is 1. The number of nitrogens with one attached hydrogen (secondary N) is 3. The number of ether oxygens (including phenoxy) is 1. The summed E-state index contributed by atoms with van der Waals surface area (Å²) in [6.45, 7) is 3.17. The molecular formula is C23H27FN4O4. The third kappa shape index (κ3) is 6.69. The Hall–Kier alpha value is -3.62. The van der Waals surface area contributed by atoms with Crippen molar-refractivity contribution in [1.82, 2.24) is 15.5 Å². The average molecular weight is 442 g/mol. The summed E-state index contributed by atoms with van der Waals surface area (Å²) in [6, 6.07) is 12.3. The zero-order valence-electron chi connectivity index (χ0n) is 17.9. The number of anilines is 1. The standard InChI is InChI=1S/C23H27FN4O4/c1-2-25-21(29)15-26-22(30)16-5-3-7-18(13-16)27-23(31)28-11-9-19(10-12-28)32-20-8-4-6-17(24)14-20/h3-8,13-14,19H,2,9-12,15H2,1H3,(H,25,29)(H,26,30)(H,27,31). The molecule has 0 radical (unpaired) electrons. The molecule has 170 valence electrons. The van der Waals surface area contributed by atoms with E-state index in [0.29, 0.717) is 49.5 Å². The highest BCUT2D eigenvalue weighted by molar-refractivity contribution is 5.98. The van der Waals surface area contributed by atoms with E-state index in [1.54, 1.807) is 48.2 Å². The van der Waals surface area contributed by atoms with Gasteiger partial charge in [-0.2, -0.15) is 0 Å². The monoisotopic (exact) mass is 442 g/mol. The Kier molecular flexibility index (Phi) is 8.02. The predicted molar refractivity (Wildman–Crippen MR) is 118 cm³/mol. The summed E-state index contributed by atoms with van der Waals surface area (Å²) >= 11 is 0. The molecule has 1 aliphatic heterocycles. The van der Waals surface area contributed by atoms with Gasteiger partial charge in [0.25, 0.3) is 5.91 Å². The van der Waals surface area contributed by atoms with Gasteiger partial charge in [0.05, 0.1) is 6.54 Å².